The monoisotopic (exact) mass is 301 g/mol. The molecule has 6 nitrogen and oxygen atoms in total. The van der Waals surface area contributed by atoms with Gasteiger partial charge >= 0.3 is 5.97 Å². The summed E-state index contributed by atoms with van der Waals surface area (Å²) >= 11 is 0. The van der Waals surface area contributed by atoms with Crippen molar-refractivity contribution < 1.29 is 14.3 Å². The van der Waals surface area contributed by atoms with E-state index < -0.39 is 0 Å². The molecule has 0 radical (unpaired) electrons. The molecule has 0 bridgehead atoms. The molecule has 1 aromatic rings. The van der Waals surface area contributed by atoms with Gasteiger partial charge in [-0.3, -0.25) is 14.5 Å². The summed E-state index contributed by atoms with van der Waals surface area (Å²) in [4.78, 5) is 30.9. The molecule has 0 saturated carbocycles. The Kier molecular flexibility index (Phi) is 5.50. The molecule has 0 aliphatic carbocycles. The molecule has 0 spiro atoms. The van der Waals surface area contributed by atoms with E-state index in [-0.39, 0.29) is 18.4 Å². The summed E-state index contributed by atoms with van der Waals surface area (Å²) in [6.45, 7) is 11.8. The van der Waals surface area contributed by atoms with Crippen molar-refractivity contribution in [1.29, 1.82) is 0 Å². The standard InChI is InChI=1S/C16H19N3O3/c1-3-22-15(20)12-18-8-10-19(11-9-18)16(21)13-4-6-14(17-2)7-5-13/h4-7H,3,8-12H2,1H3. The van der Waals surface area contributed by atoms with Crippen molar-refractivity contribution in [2.24, 2.45) is 0 Å². The Balaban J connectivity index is 1.86. The molecule has 0 aromatic heterocycles. The molecule has 2 rings (SSSR count). The maximum atomic E-state index is 12.4. The predicted octanol–water partition coefficient (Wildman–Crippen LogP) is 1.56. The average Bonchev–Trinajstić information content (AvgIpc) is 2.55. The van der Waals surface area contributed by atoms with E-state index in [1.54, 1.807) is 36.1 Å². The number of hydrogen-bond donors (Lipinski definition) is 0. The van der Waals surface area contributed by atoms with E-state index in [0.29, 0.717) is 44.0 Å². The zero-order chi connectivity index (χ0) is 15.9. The lowest BCUT2D eigenvalue weighted by Gasteiger charge is -2.34. The molecular weight excluding hydrogens is 282 g/mol. The fraction of sp³-hybridized carbons (Fsp3) is 0.438. The summed E-state index contributed by atoms with van der Waals surface area (Å²) in [7, 11) is 0. The second-order valence-corrected chi connectivity index (χ2v) is 5.03. The molecule has 1 aromatic carbocycles. The van der Waals surface area contributed by atoms with Crippen molar-refractivity contribution in [1.82, 2.24) is 9.80 Å². The zero-order valence-electron chi connectivity index (χ0n) is 12.6. The van der Waals surface area contributed by atoms with Crippen molar-refractivity contribution in [2.45, 2.75) is 6.92 Å². The Morgan fingerprint density at radius 2 is 1.82 bits per heavy atom. The van der Waals surface area contributed by atoms with E-state index >= 15 is 0 Å². The number of piperazine rings is 1. The molecule has 1 amide bonds. The number of benzene rings is 1. The van der Waals surface area contributed by atoms with Crippen LogP contribution in [-0.4, -0.2) is 61.0 Å². The molecular formula is C16H19N3O3. The van der Waals surface area contributed by atoms with Crippen LogP contribution in [0.5, 0.6) is 0 Å². The first-order chi connectivity index (χ1) is 10.6. The quantitative estimate of drug-likeness (QED) is 0.625. The summed E-state index contributed by atoms with van der Waals surface area (Å²) in [5.41, 5.74) is 1.11. The first kappa shape index (κ1) is 16.0. The molecule has 0 atom stereocenters. The molecule has 1 fully saturated rings. The number of amides is 1. The SMILES string of the molecule is [C-]#[N+]c1ccc(C(=O)N2CCN(CC(=O)OCC)CC2)cc1. The third-order valence-corrected chi connectivity index (χ3v) is 3.56. The predicted molar refractivity (Wildman–Crippen MR) is 81.7 cm³/mol. The van der Waals surface area contributed by atoms with Gasteiger partial charge in [-0.15, -0.1) is 0 Å². The zero-order valence-corrected chi connectivity index (χ0v) is 12.6. The number of ether oxygens (including phenoxy) is 1. The van der Waals surface area contributed by atoms with Gasteiger partial charge in [-0.25, -0.2) is 4.85 Å². The summed E-state index contributed by atoms with van der Waals surface area (Å²) in [6.07, 6.45) is 0. The average molecular weight is 301 g/mol. The van der Waals surface area contributed by atoms with Gasteiger partial charge in [0, 0.05) is 31.7 Å². The minimum atomic E-state index is -0.225. The van der Waals surface area contributed by atoms with Gasteiger partial charge in [-0.05, 0) is 6.92 Å². The van der Waals surface area contributed by atoms with E-state index in [1.807, 2.05) is 4.90 Å². The molecule has 22 heavy (non-hydrogen) atoms. The number of carbonyl (C=O) groups is 2. The van der Waals surface area contributed by atoms with Crippen LogP contribution in [0.1, 0.15) is 17.3 Å². The van der Waals surface area contributed by atoms with Crippen LogP contribution in [-0.2, 0) is 9.53 Å². The lowest BCUT2D eigenvalue weighted by molar-refractivity contribution is -0.144. The number of rotatable bonds is 4. The van der Waals surface area contributed by atoms with Crippen LogP contribution in [0.15, 0.2) is 24.3 Å². The fourth-order valence-corrected chi connectivity index (χ4v) is 2.36. The van der Waals surface area contributed by atoms with Crippen LogP contribution in [0, 0.1) is 6.57 Å². The lowest BCUT2D eigenvalue weighted by Crippen LogP contribution is -2.50. The van der Waals surface area contributed by atoms with E-state index in [1.165, 1.54) is 0 Å². The highest BCUT2D eigenvalue weighted by molar-refractivity contribution is 5.94. The minimum Gasteiger partial charge on any atom is -0.465 e. The maximum Gasteiger partial charge on any atom is 0.320 e. The van der Waals surface area contributed by atoms with Gasteiger partial charge in [-0.2, -0.15) is 0 Å². The highest BCUT2D eigenvalue weighted by atomic mass is 16.5. The highest BCUT2D eigenvalue weighted by Crippen LogP contribution is 2.15. The van der Waals surface area contributed by atoms with Crippen molar-refractivity contribution in [2.75, 3.05) is 39.3 Å². The Bertz CT molecular complexity index is 569. The second-order valence-electron chi connectivity index (χ2n) is 5.03. The fourth-order valence-electron chi connectivity index (χ4n) is 2.36. The van der Waals surface area contributed by atoms with Crippen LogP contribution in [0.3, 0.4) is 0 Å². The first-order valence-electron chi connectivity index (χ1n) is 7.29. The third-order valence-electron chi connectivity index (χ3n) is 3.56. The van der Waals surface area contributed by atoms with Crippen LogP contribution >= 0.6 is 0 Å². The largest absolute Gasteiger partial charge is 0.465 e. The van der Waals surface area contributed by atoms with Gasteiger partial charge < -0.3 is 9.64 Å². The topological polar surface area (TPSA) is 54.2 Å². The van der Waals surface area contributed by atoms with Crippen molar-refractivity contribution in [3.8, 4) is 0 Å². The molecule has 6 heteroatoms. The second kappa shape index (κ2) is 7.57. The Morgan fingerprint density at radius 1 is 1.18 bits per heavy atom. The lowest BCUT2D eigenvalue weighted by atomic mass is 10.1. The minimum absolute atomic E-state index is 0.0349. The third kappa shape index (κ3) is 4.06. The molecule has 1 aliphatic heterocycles. The summed E-state index contributed by atoms with van der Waals surface area (Å²) in [6, 6.07) is 6.66. The number of hydrogen-bond acceptors (Lipinski definition) is 4. The Morgan fingerprint density at radius 3 is 2.36 bits per heavy atom. The summed E-state index contributed by atoms with van der Waals surface area (Å²) in [5, 5.41) is 0. The molecule has 1 heterocycles. The van der Waals surface area contributed by atoms with Crippen molar-refractivity contribution in [3.63, 3.8) is 0 Å². The Hall–Kier alpha value is -2.39. The van der Waals surface area contributed by atoms with E-state index in [0.717, 1.165) is 0 Å². The molecule has 1 aliphatic rings. The smallest absolute Gasteiger partial charge is 0.320 e. The highest BCUT2D eigenvalue weighted by Gasteiger charge is 2.23. The molecule has 0 N–H and O–H groups in total. The van der Waals surface area contributed by atoms with Crippen molar-refractivity contribution in [3.05, 3.63) is 41.2 Å². The summed E-state index contributed by atoms with van der Waals surface area (Å²) < 4.78 is 4.92. The van der Waals surface area contributed by atoms with Crippen LogP contribution < -0.4 is 0 Å². The van der Waals surface area contributed by atoms with Crippen LogP contribution in [0.25, 0.3) is 4.85 Å². The van der Waals surface area contributed by atoms with Crippen LogP contribution in [0.2, 0.25) is 0 Å². The van der Waals surface area contributed by atoms with Gasteiger partial charge in [0.15, 0.2) is 5.69 Å². The van der Waals surface area contributed by atoms with Gasteiger partial charge in [0.1, 0.15) is 0 Å². The van der Waals surface area contributed by atoms with Crippen LogP contribution in [0.4, 0.5) is 5.69 Å². The van der Waals surface area contributed by atoms with E-state index in [4.69, 9.17) is 11.3 Å². The maximum absolute atomic E-state index is 12.4. The summed E-state index contributed by atoms with van der Waals surface area (Å²) in [5.74, 6) is -0.260. The van der Waals surface area contributed by atoms with Gasteiger partial charge in [0.2, 0.25) is 0 Å². The molecule has 1 saturated heterocycles. The molecule has 116 valence electrons. The van der Waals surface area contributed by atoms with Crippen molar-refractivity contribution >= 4 is 17.6 Å². The van der Waals surface area contributed by atoms with E-state index in [9.17, 15) is 9.59 Å². The van der Waals surface area contributed by atoms with E-state index in [2.05, 4.69) is 4.85 Å². The van der Waals surface area contributed by atoms with Gasteiger partial charge in [0.05, 0.1) is 19.7 Å². The van der Waals surface area contributed by atoms with Gasteiger partial charge in [0.25, 0.3) is 5.91 Å². The number of esters is 1. The Labute approximate surface area is 130 Å². The van der Waals surface area contributed by atoms with Gasteiger partial charge in [-0.1, -0.05) is 24.3 Å². The number of carbonyl (C=O) groups excluding carboxylic acids is 2. The molecule has 0 unspecified atom stereocenters. The normalized spacial score (nSPS) is 15.2. The first-order valence-corrected chi connectivity index (χ1v) is 7.29. The number of nitrogens with zero attached hydrogens (tertiary/aromatic N) is 3.